The van der Waals surface area contributed by atoms with Crippen LogP contribution in [0.3, 0.4) is 0 Å². The number of rotatable bonds is 2. The molecule has 110 valence electrons. The Hall–Kier alpha value is -2.24. The first-order valence-electron chi connectivity index (χ1n) is 6.23. The highest BCUT2D eigenvalue weighted by Crippen LogP contribution is 2.36. The van der Waals surface area contributed by atoms with Gasteiger partial charge in [0.15, 0.2) is 0 Å². The molecule has 22 heavy (non-hydrogen) atoms. The van der Waals surface area contributed by atoms with Crippen LogP contribution in [0.1, 0.15) is 0 Å². The highest BCUT2D eigenvalue weighted by molar-refractivity contribution is 6.33. The minimum atomic E-state index is -0.485. The standard InChI is InChI=1S/C15H9Cl2FN4/c16-9-3-8(5-21-6-9)14-11(4-12(17)15(19)22-14)10-1-2-20-7-13(10)18/h1-7H,(H2,19,22). The first-order chi connectivity index (χ1) is 10.6. The number of hydrogen-bond donors (Lipinski definition) is 1. The van der Waals surface area contributed by atoms with Gasteiger partial charge in [0.2, 0.25) is 0 Å². The van der Waals surface area contributed by atoms with E-state index in [9.17, 15) is 4.39 Å². The maximum atomic E-state index is 14.1. The van der Waals surface area contributed by atoms with Crippen molar-refractivity contribution in [1.82, 2.24) is 15.0 Å². The maximum absolute atomic E-state index is 14.1. The van der Waals surface area contributed by atoms with E-state index in [1.807, 2.05) is 0 Å². The second kappa shape index (κ2) is 5.87. The van der Waals surface area contributed by atoms with Crippen LogP contribution >= 0.6 is 23.2 Å². The molecule has 0 spiro atoms. The van der Waals surface area contributed by atoms with Crippen molar-refractivity contribution >= 4 is 29.0 Å². The normalized spacial score (nSPS) is 10.7. The molecule has 2 N–H and O–H groups in total. The zero-order valence-electron chi connectivity index (χ0n) is 11.1. The zero-order valence-corrected chi connectivity index (χ0v) is 12.6. The van der Waals surface area contributed by atoms with Gasteiger partial charge >= 0.3 is 0 Å². The third kappa shape index (κ3) is 2.73. The molecule has 0 atom stereocenters. The molecular weight excluding hydrogens is 326 g/mol. The highest BCUT2D eigenvalue weighted by Gasteiger charge is 2.16. The van der Waals surface area contributed by atoms with Crippen LogP contribution in [0, 0.1) is 5.82 Å². The van der Waals surface area contributed by atoms with Gasteiger partial charge in [0.1, 0.15) is 11.6 Å². The molecule has 3 aromatic rings. The molecule has 3 heterocycles. The minimum absolute atomic E-state index is 0.148. The van der Waals surface area contributed by atoms with Crippen molar-refractivity contribution in [3.8, 4) is 22.4 Å². The number of halogens is 3. The molecule has 0 fully saturated rings. The second-order valence-corrected chi connectivity index (χ2v) is 5.34. The van der Waals surface area contributed by atoms with E-state index in [0.29, 0.717) is 27.4 Å². The summed E-state index contributed by atoms with van der Waals surface area (Å²) in [5.74, 6) is -0.337. The van der Waals surface area contributed by atoms with Crippen molar-refractivity contribution in [1.29, 1.82) is 0 Å². The van der Waals surface area contributed by atoms with E-state index >= 15 is 0 Å². The van der Waals surface area contributed by atoms with Crippen LogP contribution in [0.25, 0.3) is 22.4 Å². The second-order valence-electron chi connectivity index (χ2n) is 4.50. The van der Waals surface area contributed by atoms with Crippen LogP contribution in [-0.4, -0.2) is 15.0 Å². The molecule has 0 bridgehead atoms. The number of nitrogens with zero attached hydrogens (tertiary/aromatic N) is 3. The summed E-state index contributed by atoms with van der Waals surface area (Å²) < 4.78 is 14.1. The fraction of sp³-hybridized carbons (Fsp3) is 0. The summed E-state index contributed by atoms with van der Waals surface area (Å²) in [4.78, 5) is 12.0. The van der Waals surface area contributed by atoms with E-state index in [0.717, 1.165) is 6.20 Å². The predicted molar refractivity (Wildman–Crippen MR) is 85.1 cm³/mol. The van der Waals surface area contributed by atoms with E-state index < -0.39 is 5.82 Å². The lowest BCUT2D eigenvalue weighted by Gasteiger charge is -2.12. The summed E-state index contributed by atoms with van der Waals surface area (Å²) in [5.41, 5.74) is 7.65. The lowest BCUT2D eigenvalue weighted by molar-refractivity contribution is 0.625. The Kier molecular flexibility index (Phi) is 3.92. The molecule has 0 saturated heterocycles. The summed E-state index contributed by atoms with van der Waals surface area (Å²) in [5, 5.41) is 0.680. The molecule has 0 aliphatic rings. The number of hydrogen-bond acceptors (Lipinski definition) is 4. The van der Waals surface area contributed by atoms with Gasteiger partial charge in [0.05, 0.1) is 21.9 Å². The topological polar surface area (TPSA) is 64.7 Å². The number of nitrogen functional groups attached to an aromatic ring is 1. The van der Waals surface area contributed by atoms with Crippen molar-refractivity contribution in [3.63, 3.8) is 0 Å². The van der Waals surface area contributed by atoms with E-state index in [4.69, 9.17) is 28.9 Å². The summed E-state index contributed by atoms with van der Waals surface area (Å²) >= 11 is 12.0. The number of anilines is 1. The van der Waals surface area contributed by atoms with Gasteiger partial charge in [-0.25, -0.2) is 9.37 Å². The Morgan fingerprint density at radius 2 is 1.82 bits per heavy atom. The number of nitrogens with two attached hydrogens (primary N) is 1. The number of pyridine rings is 3. The van der Waals surface area contributed by atoms with Crippen LogP contribution < -0.4 is 5.73 Å². The van der Waals surface area contributed by atoms with Crippen molar-refractivity contribution < 1.29 is 4.39 Å². The fourth-order valence-electron chi connectivity index (χ4n) is 2.06. The molecule has 3 aromatic heterocycles. The van der Waals surface area contributed by atoms with Gasteiger partial charge in [-0.1, -0.05) is 23.2 Å². The van der Waals surface area contributed by atoms with Gasteiger partial charge in [-0.05, 0) is 18.2 Å². The van der Waals surface area contributed by atoms with Crippen molar-refractivity contribution in [2.45, 2.75) is 0 Å². The molecule has 3 rings (SSSR count). The molecule has 0 unspecified atom stereocenters. The molecule has 0 aliphatic carbocycles. The fourth-order valence-corrected chi connectivity index (χ4v) is 2.39. The summed E-state index contributed by atoms with van der Waals surface area (Å²) in [7, 11) is 0. The molecular formula is C15H9Cl2FN4. The first kappa shape index (κ1) is 14.7. The van der Waals surface area contributed by atoms with Crippen LogP contribution in [0.5, 0.6) is 0 Å². The van der Waals surface area contributed by atoms with Gasteiger partial charge in [-0.2, -0.15) is 0 Å². The number of aromatic nitrogens is 3. The predicted octanol–water partition coefficient (Wildman–Crippen LogP) is 4.23. The van der Waals surface area contributed by atoms with Crippen LogP contribution in [-0.2, 0) is 0 Å². The van der Waals surface area contributed by atoms with Crippen molar-refractivity contribution in [2.75, 3.05) is 5.73 Å². The SMILES string of the molecule is Nc1nc(-c2cncc(Cl)c2)c(-c2ccncc2F)cc1Cl. The Balaban J connectivity index is 2.30. The molecule has 4 nitrogen and oxygen atoms in total. The van der Waals surface area contributed by atoms with E-state index in [1.165, 1.54) is 12.4 Å². The third-order valence-corrected chi connectivity index (χ3v) is 3.55. The monoisotopic (exact) mass is 334 g/mol. The molecule has 0 aromatic carbocycles. The average molecular weight is 335 g/mol. The van der Waals surface area contributed by atoms with Crippen molar-refractivity contribution in [2.24, 2.45) is 0 Å². The van der Waals surface area contributed by atoms with Gasteiger partial charge in [-0.15, -0.1) is 0 Å². The van der Waals surface area contributed by atoms with E-state index in [2.05, 4.69) is 15.0 Å². The molecule has 0 amide bonds. The van der Waals surface area contributed by atoms with Crippen LogP contribution in [0.15, 0.2) is 43.0 Å². The lowest BCUT2D eigenvalue weighted by atomic mass is 10.0. The summed E-state index contributed by atoms with van der Waals surface area (Å²) in [6, 6.07) is 4.78. The van der Waals surface area contributed by atoms with Crippen molar-refractivity contribution in [3.05, 3.63) is 58.8 Å². The molecule has 7 heteroatoms. The van der Waals surface area contributed by atoms with Gasteiger partial charge < -0.3 is 5.73 Å². The molecule has 0 aliphatic heterocycles. The molecule has 0 radical (unpaired) electrons. The Morgan fingerprint density at radius 3 is 2.55 bits per heavy atom. The smallest absolute Gasteiger partial charge is 0.149 e. The van der Waals surface area contributed by atoms with E-state index in [1.54, 1.807) is 24.4 Å². The van der Waals surface area contributed by atoms with Gasteiger partial charge in [0.25, 0.3) is 0 Å². The van der Waals surface area contributed by atoms with Gasteiger partial charge in [0, 0.05) is 35.3 Å². The van der Waals surface area contributed by atoms with Crippen LogP contribution in [0.2, 0.25) is 10.0 Å². The Morgan fingerprint density at radius 1 is 1.00 bits per heavy atom. The maximum Gasteiger partial charge on any atom is 0.149 e. The largest absolute Gasteiger partial charge is 0.382 e. The Labute approximate surface area is 135 Å². The quantitative estimate of drug-likeness (QED) is 0.761. The first-order valence-corrected chi connectivity index (χ1v) is 6.98. The highest BCUT2D eigenvalue weighted by atomic mass is 35.5. The summed E-state index contributed by atoms with van der Waals surface area (Å²) in [6.07, 6.45) is 5.68. The van der Waals surface area contributed by atoms with Gasteiger partial charge in [-0.3, -0.25) is 9.97 Å². The Bertz CT molecular complexity index is 855. The minimum Gasteiger partial charge on any atom is -0.382 e. The third-order valence-electron chi connectivity index (χ3n) is 3.04. The summed E-state index contributed by atoms with van der Waals surface area (Å²) in [6.45, 7) is 0. The van der Waals surface area contributed by atoms with Crippen LogP contribution in [0.4, 0.5) is 10.2 Å². The zero-order chi connectivity index (χ0) is 15.7. The molecule has 0 saturated carbocycles. The van der Waals surface area contributed by atoms with E-state index in [-0.39, 0.29) is 10.8 Å². The lowest BCUT2D eigenvalue weighted by Crippen LogP contribution is -1.98. The average Bonchev–Trinajstić information content (AvgIpc) is 2.50.